The molecule has 0 fully saturated rings. The minimum absolute atomic E-state index is 0.0502. The first-order chi connectivity index (χ1) is 3.66. The SMILES string of the molecule is N=C(N)CC(O)CI. The van der Waals surface area contributed by atoms with Crippen molar-refractivity contribution in [1.29, 1.82) is 5.41 Å². The summed E-state index contributed by atoms with van der Waals surface area (Å²) in [4.78, 5) is 0. The summed E-state index contributed by atoms with van der Waals surface area (Å²) in [5.41, 5.74) is 4.99. The van der Waals surface area contributed by atoms with Crippen LogP contribution >= 0.6 is 22.6 Å². The lowest BCUT2D eigenvalue weighted by Crippen LogP contribution is -2.19. The van der Waals surface area contributed by atoms with E-state index in [1.807, 2.05) is 22.6 Å². The first-order valence-corrected chi connectivity index (χ1v) is 3.76. The van der Waals surface area contributed by atoms with Gasteiger partial charge in [0.2, 0.25) is 0 Å². The number of nitrogens with one attached hydrogen (secondary N) is 1. The van der Waals surface area contributed by atoms with E-state index in [0.717, 1.165) is 0 Å². The second-order valence-corrected chi connectivity index (χ2v) is 2.42. The van der Waals surface area contributed by atoms with Crippen LogP contribution < -0.4 is 5.73 Å². The zero-order valence-corrected chi connectivity index (χ0v) is 6.55. The average Bonchev–Trinajstić information content (AvgIpc) is 1.65. The molecule has 0 aromatic rings. The van der Waals surface area contributed by atoms with Crippen LogP contribution in [0.15, 0.2) is 0 Å². The van der Waals surface area contributed by atoms with E-state index in [2.05, 4.69) is 0 Å². The van der Waals surface area contributed by atoms with E-state index in [-0.39, 0.29) is 5.84 Å². The van der Waals surface area contributed by atoms with Crippen LogP contribution in [0.3, 0.4) is 0 Å². The Bertz CT molecular complexity index is 86.1. The van der Waals surface area contributed by atoms with Gasteiger partial charge in [0.15, 0.2) is 0 Å². The van der Waals surface area contributed by atoms with Crippen LogP contribution in [0.2, 0.25) is 0 Å². The van der Waals surface area contributed by atoms with E-state index < -0.39 is 6.10 Å². The third kappa shape index (κ3) is 4.32. The highest BCUT2D eigenvalue weighted by molar-refractivity contribution is 14.1. The molecule has 0 spiro atoms. The predicted molar refractivity (Wildman–Crippen MR) is 41.4 cm³/mol. The number of halogens is 1. The number of rotatable bonds is 3. The summed E-state index contributed by atoms with van der Waals surface area (Å²) in [6.07, 6.45) is -0.142. The van der Waals surface area contributed by atoms with Gasteiger partial charge in [0.25, 0.3) is 0 Å². The second-order valence-electron chi connectivity index (χ2n) is 1.54. The molecule has 0 amide bonds. The molecule has 0 saturated carbocycles. The Morgan fingerprint density at radius 1 is 1.88 bits per heavy atom. The van der Waals surface area contributed by atoms with Crippen molar-refractivity contribution in [2.75, 3.05) is 4.43 Å². The summed E-state index contributed by atoms with van der Waals surface area (Å²) in [5, 5.41) is 15.5. The highest BCUT2D eigenvalue weighted by atomic mass is 127. The molecular formula is C4H9IN2O. The molecular weight excluding hydrogens is 219 g/mol. The van der Waals surface area contributed by atoms with Crippen LogP contribution in [0, 0.1) is 5.41 Å². The maximum Gasteiger partial charge on any atom is 0.0931 e. The Morgan fingerprint density at radius 2 is 2.38 bits per heavy atom. The molecule has 3 nitrogen and oxygen atoms in total. The Hall–Kier alpha value is 0.160. The first-order valence-electron chi connectivity index (χ1n) is 2.23. The standard InChI is InChI=1S/C4H9IN2O/c5-2-3(8)1-4(6)7/h3,8H,1-2H2,(H3,6,7). The molecule has 0 saturated heterocycles. The fourth-order valence-electron chi connectivity index (χ4n) is 0.308. The second kappa shape index (κ2) is 4.08. The summed E-state index contributed by atoms with van der Waals surface area (Å²) in [6.45, 7) is 0. The topological polar surface area (TPSA) is 70.1 Å². The molecule has 4 N–H and O–H groups in total. The summed E-state index contributed by atoms with van der Waals surface area (Å²) in [6, 6.07) is 0. The van der Waals surface area contributed by atoms with Crippen molar-refractivity contribution in [3.63, 3.8) is 0 Å². The Balaban J connectivity index is 3.24. The van der Waals surface area contributed by atoms with E-state index in [1.165, 1.54) is 0 Å². The monoisotopic (exact) mass is 228 g/mol. The van der Waals surface area contributed by atoms with Crippen LogP contribution in [0.5, 0.6) is 0 Å². The highest BCUT2D eigenvalue weighted by Crippen LogP contribution is 1.94. The largest absolute Gasteiger partial charge is 0.392 e. The molecule has 0 aliphatic carbocycles. The van der Waals surface area contributed by atoms with Crippen LogP contribution in [0.1, 0.15) is 6.42 Å². The van der Waals surface area contributed by atoms with E-state index in [9.17, 15) is 0 Å². The van der Waals surface area contributed by atoms with Crippen molar-refractivity contribution in [1.82, 2.24) is 0 Å². The predicted octanol–water partition coefficient (Wildman–Crippen LogP) is 0.108. The van der Waals surface area contributed by atoms with Gasteiger partial charge in [-0.1, -0.05) is 22.6 Å². The van der Waals surface area contributed by atoms with Gasteiger partial charge in [-0.2, -0.15) is 0 Å². The average molecular weight is 228 g/mol. The maximum absolute atomic E-state index is 8.80. The normalized spacial score (nSPS) is 13.2. The molecule has 1 atom stereocenters. The quantitative estimate of drug-likeness (QED) is 0.277. The van der Waals surface area contributed by atoms with E-state index >= 15 is 0 Å². The number of nitrogens with two attached hydrogens (primary N) is 1. The number of hydrogen-bond donors (Lipinski definition) is 3. The molecule has 0 aromatic heterocycles. The molecule has 0 aromatic carbocycles. The van der Waals surface area contributed by atoms with Gasteiger partial charge in [-0.05, 0) is 0 Å². The Kier molecular flexibility index (Phi) is 4.16. The maximum atomic E-state index is 8.80. The lowest BCUT2D eigenvalue weighted by atomic mass is 10.3. The molecule has 0 bridgehead atoms. The minimum Gasteiger partial charge on any atom is -0.392 e. The Labute approximate surface area is 61.9 Å². The zero-order chi connectivity index (χ0) is 6.57. The molecule has 0 rings (SSSR count). The smallest absolute Gasteiger partial charge is 0.0931 e. The van der Waals surface area contributed by atoms with Gasteiger partial charge in [0.05, 0.1) is 11.9 Å². The van der Waals surface area contributed by atoms with Crippen molar-refractivity contribution in [3.05, 3.63) is 0 Å². The fourth-order valence-corrected chi connectivity index (χ4v) is 0.620. The van der Waals surface area contributed by atoms with Crippen molar-refractivity contribution in [3.8, 4) is 0 Å². The van der Waals surface area contributed by atoms with Crippen LogP contribution in [-0.2, 0) is 0 Å². The van der Waals surface area contributed by atoms with Gasteiger partial charge in [0, 0.05) is 10.8 Å². The molecule has 0 radical (unpaired) electrons. The minimum atomic E-state index is -0.437. The number of hydrogen-bond acceptors (Lipinski definition) is 2. The van der Waals surface area contributed by atoms with Crippen LogP contribution in [0.4, 0.5) is 0 Å². The first kappa shape index (κ1) is 8.16. The number of alkyl halides is 1. The molecule has 48 valence electrons. The molecule has 0 aliphatic heterocycles. The highest BCUT2D eigenvalue weighted by Gasteiger charge is 2.00. The third-order valence-electron chi connectivity index (χ3n) is 0.634. The van der Waals surface area contributed by atoms with Gasteiger partial charge in [-0.15, -0.1) is 0 Å². The molecule has 1 unspecified atom stereocenters. The summed E-state index contributed by atoms with van der Waals surface area (Å²) < 4.78 is 0.636. The number of aliphatic hydroxyl groups is 1. The van der Waals surface area contributed by atoms with Crippen molar-refractivity contribution in [2.24, 2.45) is 5.73 Å². The zero-order valence-electron chi connectivity index (χ0n) is 4.39. The molecule has 8 heavy (non-hydrogen) atoms. The molecule has 0 aliphatic rings. The van der Waals surface area contributed by atoms with Crippen LogP contribution in [0.25, 0.3) is 0 Å². The summed E-state index contributed by atoms with van der Waals surface area (Å²) >= 11 is 2.04. The van der Waals surface area contributed by atoms with Crippen LogP contribution in [-0.4, -0.2) is 21.5 Å². The molecule has 0 heterocycles. The number of amidine groups is 1. The van der Waals surface area contributed by atoms with Crippen molar-refractivity contribution in [2.45, 2.75) is 12.5 Å². The van der Waals surface area contributed by atoms with Crippen molar-refractivity contribution >= 4 is 28.4 Å². The van der Waals surface area contributed by atoms with Gasteiger partial charge < -0.3 is 10.8 Å². The third-order valence-corrected chi connectivity index (χ3v) is 1.65. The van der Waals surface area contributed by atoms with Gasteiger partial charge >= 0.3 is 0 Å². The van der Waals surface area contributed by atoms with Gasteiger partial charge in [0.1, 0.15) is 0 Å². The summed E-state index contributed by atoms with van der Waals surface area (Å²) in [5.74, 6) is 0.0502. The van der Waals surface area contributed by atoms with Gasteiger partial charge in [-0.25, -0.2) is 0 Å². The summed E-state index contributed by atoms with van der Waals surface area (Å²) in [7, 11) is 0. The Morgan fingerprint density at radius 3 is 2.50 bits per heavy atom. The lowest BCUT2D eigenvalue weighted by Gasteiger charge is -2.02. The van der Waals surface area contributed by atoms with Gasteiger partial charge in [-0.3, -0.25) is 5.41 Å². The van der Waals surface area contributed by atoms with Crippen molar-refractivity contribution < 1.29 is 5.11 Å². The lowest BCUT2D eigenvalue weighted by molar-refractivity contribution is 0.210. The van der Waals surface area contributed by atoms with E-state index in [1.54, 1.807) is 0 Å². The number of aliphatic hydroxyl groups excluding tert-OH is 1. The fraction of sp³-hybridized carbons (Fsp3) is 0.750. The van der Waals surface area contributed by atoms with E-state index in [0.29, 0.717) is 10.8 Å². The molecule has 4 heteroatoms. The van der Waals surface area contributed by atoms with E-state index in [4.69, 9.17) is 16.2 Å².